The van der Waals surface area contributed by atoms with Gasteiger partial charge >= 0.3 is 0 Å². The highest BCUT2D eigenvalue weighted by molar-refractivity contribution is 5.96. The van der Waals surface area contributed by atoms with E-state index in [2.05, 4.69) is 13.8 Å². The van der Waals surface area contributed by atoms with Gasteiger partial charge in [0.25, 0.3) is 0 Å². The fraction of sp³-hybridized carbons (Fsp3) is 0.690. The molecule has 1 aliphatic heterocycles. The van der Waals surface area contributed by atoms with E-state index in [9.17, 15) is 9.90 Å². The minimum atomic E-state index is -0.197. The molecule has 0 radical (unpaired) electrons. The number of carbonyl (C=O) groups excluding carboxylic acids is 1. The van der Waals surface area contributed by atoms with Gasteiger partial charge < -0.3 is 14.6 Å². The van der Waals surface area contributed by atoms with Gasteiger partial charge in [0.1, 0.15) is 11.4 Å². The maximum Gasteiger partial charge on any atom is 0.159 e. The fourth-order valence-corrected chi connectivity index (χ4v) is 9.22. The van der Waals surface area contributed by atoms with Crippen LogP contribution in [-0.2, 0) is 9.53 Å². The predicted octanol–water partition coefficient (Wildman–Crippen LogP) is 5.43. The maximum atomic E-state index is 13.5. The molecule has 1 heterocycles. The molecule has 1 N–H and O–H groups in total. The molecule has 4 aliphatic carbocycles. The average molecular weight is 451 g/mol. The summed E-state index contributed by atoms with van der Waals surface area (Å²) in [4.78, 5) is 13.5. The highest BCUT2D eigenvalue weighted by Crippen LogP contribution is 2.73. The summed E-state index contributed by atoms with van der Waals surface area (Å²) in [5.74, 6) is 3.13. The van der Waals surface area contributed by atoms with Crippen LogP contribution in [0.4, 0.5) is 0 Å². The van der Waals surface area contributed by atoms with Crippen molar-refractivity contribution in [3.63, 3.8) is 0 Å². The van der Waals surface area contributed by atoms with Crippen LogP contribution >= 0.6 is 0 Å². The lowest BCUT2D eigenvalue weighted by Crippen LogP contribution is -2.58. The zero-order valence-electron chi connectivity index (χ0n) is 20.3. The van der Waals surface area contributed by atoms with Gasteiger partial charge in [-0.2, -0.15) is 0 Å². The zero-order chi connectivity index (χ0) is 23.0. The smallest absolute Gasteiger partial charge is 0.159 e. The molecule has 0 unspecified atom stereocenters. The van der Waals surface area contributed by atoms with Crippen molar-refractivity contribution in [2.45, 2.75) is 83.0 Å². The van der Waals surface area contributed by atoms with E-state index in [1.807, 2.05) is 36.4 Å². The number of allylic oxidation sites excluding steroid dienone is 1. The van der Waals surface area contributed by atoms with Crippen LogP contribution in [0, 0.1) is 34.5 Å². The van der Waals surface area contributed by atoms with Crippen LogP contribution in [0.15, 0.2) is 30.3 Å². The summed E-state index contributed by atoms with van der Waals surface area (Å²) < 4.78 is 11.9. The number of epoxide rings is 1. The van der Waals surface area contributed by atoms with E-state index >= 15 is 0 Å². The number of ketones is 1. The van der Waals surface area contributed by atoms with Crippen LogP contribution in [0.25, 0.3) is 6.08 Å². The van der Waals surface area contributed by atoms with Gasteiger partial charge in [-0.25, -0.2) is 0 Å². The molecule has 5 aliphatic rings. The molecule has 4 saturated carbocycles. The summed E-state index contributed by atoms with van der Waals surface area (Å²) in [7, 11) is 1.67. The van der Waals surface area contributed by atoms with Crippen molar-refractivity contribution < 1.29 is 19.4 Å². The molecule has 6 rings (SSSR count). The predicted molar refractivity (Wildman–Crippen MR) is 128 cm³/mol. The standard InChI is InChI=1S/C29H38O4/c1-27-14-13-22-20(16-26-29(33-26)17-19(30)12-15-28(22,29)2)21(27)9-10-23(27)24(31)11-8-18-6-4-5-7-25(18)32-3/h4-8,11,19-23,26,30H,9-10,12-17H2,1-3H3/b11-8+/t19-,20-,21-,22-,23+,26-,27-,28+,29-/m0/s1. The summed E-state index contributed by atoms with van der Waals surface area (Å²) in [6.45, 7) is 4.87. The average Bonchev–Trinajstić information content (AvgIpc) is 3.38. The minimum Gasteiger partial charge on any atom is -0.496 e. The van der Waals surface area contributed by atoms with E-state index in [1.54, 1.807) is 7.11 Å². The van der Waals surface area contributed by atoms with E-state index < -0.39 is 0 Å². The van der Waals surface area contributed by atoms with Gasteiger partial charge in [-0.1, -0.05) is 32.0 Å². The first-order chi connectivity index (χ1) is 15.8. The number of hydrogen-bond acceptors (Lipinski definition) is 4. The molecule has 0 amide bonds. The highest BCUT2D eigenvalue weighted by Gasteiger charge is 2.76. The van der Waals surface area contributed by atoms with Gasteiger partial charge in [-0.3, -0.25) is 4.79 Å². The third-order valence-corrected chi connectivity index (χ3v) is 11.0. The van der Waals surface area contributed by atoms with Crippen LogP contribution < -0.4 is 4.74 Å². The molecular formula is C29H38O4. The lowest BCUT2D eigenvalue weighted by molar-refractivity contribution is -0.131. The fourth-order valence-electron chi connectivity index (χ4n) is 9.22. The summed E-state index contributed by atoms with van der Waals surface area (Å²) >= 11 is 0. The Morgan fingerprint density at radius 1 is 1.12 bits per heavy atom. The van der Waals surface area contributed by atoms with E-state index in [-0.39, 0.29) is 34.2 Å². The van der Waals surface area contributed by atoms with Crippen molar-refractivity contribution in [1.82, 2.24) is 0 Å². The first-order valence-electron chi connectivity index (χ1n) is 13.0. The molecule has 0 bridgehead atoms. The maximum absolute atomic E-state index is 13.5. The molecule has 1 spiro atoms. The molecule has 1 saturated heterocycles. The molecule has 1 aromatic rings. The number of carbonyl (C=O) groups is 1. The Labute approximate surface area is 197 Å². The number of fused-ring (bicyclic) bond motifs is 4. The second-order valence-electron chi connectivity index (χ2n) is 12.1. The van der Waals surface area contributed by atoms with Crippen molar-refractivity contribution in [2.24, 2.45) is 34.5 Å². The number of methoxy groups -OCH3 is 1. The number of aliphatic hydroxyl groups excluding tert-OH is 1. The Bertz CT molecular complexity index is 986. The number of aliphatic hydroxyl groups is 1. The molecule has 1 aromatic carbocycles. The van der Waals surface area contributed by atoms with Gasteiger partial charge in [0.15, 0.2) is 5.78 Å². The van der Waals surface area contributed by atoms with Crippen molar-refractivity contribution in [1.29, 1.82) is 0 Å². The summed E-state index contributed by atoms with van der Waals surface area (Å²) in [5.41, 5.74) is 1.17. The summed E-state index contributed by atoms with van der Waals surface area (Å²) in [6.07, 6.45) is 12.3. The Morgan fingerprint density at radius 3 is 2.76 bits per heavy atom. The molecular weight excluding hydrogens is 412 g/mol. The normalized spacial score (nSPS) is 47.9. The second kappa shape index (κ2) is 7.42. The van der Waals surface area contributed by atoms with Gasteiger partial charge in [0, 0.05) is 23.3 Å². The third kappa shape index (κ3) is 2.99. The van der Waals surface area contributed by atoms with Crippen LogP contribution in [0.1, 0.15) is 70.8 Å². The van der Waals surface area contributed by atoms with Gasteiger partial charge in [-0.05, 0) is 86.3 Å². The lowest BCUT2D eigenvalue weighted by atomic mass is 9.44. The Morgan fingerprint density at radius 2 is 1.94 bits per heavy atom. The lowest BCUT2D eigenvalue weighted by Gasteiger charge is -2.59. The highest BCUT2D eigenvalue weighted by atomic mass is 16.6. The number of rotatable bonds is 4. The van der Waals surface area contributed by atoms with Crippen molar-refractivity contribution in [3.8, 4) is 5.75 Å². The SMILES string of the molecule is COc1ccccc1/C=C/C(=O)[C@H]1CC[C@H]2[C@@H]3C[C@@H]4O[C@@]45C[C@@H](O)CC[C@]5(C)[C@H]3CC[C@]12C. The first kappa shape index (κ1) is 21.9. The third-order valence-electron chi connectivity index (χ3n) is 11.0. The van der Waals surface area contributed by atoms with E-state index in [0.717, 1.165) is 56.3 Å². The molecule has 5 fully saturated rings. The molecule has 4 nitrogen and oxygen atoms in total. The number of benzene rings is 1. The summed E-state index contributed by atoms with van der Waals surface area (Å²) in [6, 6.07) is 7.87. The minimum absolute atomic E-state index is 0.0646. The molecule has 178 valence electrons. The zero-order valence-corrected chi connectivity index (χ0v) is 20.3. The Kier molecular flexibility index (Phi) is 4.92. The Balaban J connectivity index is 1.23. The van der Waals surface area contributed by atoms with Crippen LogP contribution in [0.3, 0.4) is 0 Å². The van der Waals surface area contributed by atoms with Crippen LogP contribution in [0.2, 0.25) is 0 Å². The van der Waals surface area contributed by atoms with E-state index in [4.69, 9.17) is 9.47 Å². The van der Waals surface area contributed by atoms with Crippen molar-refractivity contribution >= 4 is 11.9 Å². The number of hydrogen-bond donors (Lipinski definition) is 1. The second-order valence-corrected chi connectivity index (χ2v) is 12.1. The quantitative estimate of drug-likeness (QED) is 0.491. The first-order valence-corrected chi connectivity index (χ1v) is 13.0. The largest absolute Gasteiger partial charge is 0.496 e. The molecule has 4 heteroatoms. The van der Waals surface area contributed by atoms with E-state index in [1.165, 1.54) is 6.42 Å². The van der Waals surface area contributed by atoms with Crippen LogP contribution in [-0.4, -0.2) is 35.8 Å². The molecule has 33 heavy (non-hydrogen) atoms. The van der Waals surface area contributed by atoms with Gasteiger partial charge in [0.2, 0.25) is 0 Å². The number of para-hydroxylation sites is 1. The van der Waals surface area contributed by atoms with Gasteiger partial charge in [0.05, 0.1) is 19.3 Å². The molecule has 9 atom stereocenters. The van der Waals surface area contributed by atoms with E-state index in [0.29, 0.717) is 23.9 Å². The van der Waals surface area contributed by atoms with Crippen LogP contribution in [0.5, 0.6) is 5.75 Å². The number of ether oxygens (including phenoxy) is 2. The van der Waals surface area contributed by atoms with Gasteiger partial charge in [-0.15, -0.1) is 0 Å². The monoisotopic (exact) mass is 450 g/mol. The van der Waals surface area contributed by atoms with Crippen molar-refractivity contribution in [2.75, 3.05) is 7.11 Å². The Hall–Kier alpha value is -1.65. The summed E-state index contributed by atoms with van der Waals surface area (Å²) in [5, 5.41) is 10.4. The van der Waals surface area contributed by atoms with Crippen molar-refractivity contribution in [3.05, 3.63) is 35.9 Å². The topological polar surface area (TPSA) is 59.1 Å². The molecule has 0 aromatic heterocycles.